The molecule has 0 bridgehead atoms. The smallest absolute Gasteiger partial charge is 0.350 e. The lowest BCUT2D eigenvalue weighted by Crippen LogP contribution is -2.31. The molecule has 0 radical (unpaired) electrons. The molecule has 11 heavy (non-hydrogen) atoms. The standard InChI is InChI=1S/C4H9O6P/c1-9-11(8,10-2)4(6,7)3-5/h3,6-7H,1-2H3. The highest BCUT2D eigenvalue weighted by Gasteiger charge is 2.47. The molecule has 0 unspecified atom stereocenters. The van der Waals surface area contributed by atoms with E-state index in [1.807, 2.05) is 0 Å². The minimum atomic E-state index is -4.14. The Kier molecular flexibility index (Phi) is 3.34. The number of hydrogen-bond donors (Lipinski definition) is 2. The second-order valence-corrected chi connectivity index (χ2v) is 4.05. The molecule has 0 heterocycles. The number of rotatable bonds is 4. The molecule has 2 N–H and O–H groups in total. The molecule has 0 aromatic rings. The molecule has 0 aliphatic rings. The van der Waals surface area contributed by atoms with Gasteiger partial charge in [0.15, 0.2) is 6.29 Å². The molecule has 0 saturated heterocycles. The monoisotopic (exact) mass is 184 g/mol. The summed E-state index contributed by atoms with van der Waals surface area (Å²) in [6.07, 6.45) is -0.319. The third kappa shape index (κ3) is 1.85. The maximum Gasteiger partial charge on any atom is 0.396 e. The largest absolute Gasteiger partial charge is 0.396 e. The second-order valence-electron chi connectivity index (χ2n) is 1.67. The molecule has 0 aromatic carbocycles. The maximum atomic E-state index is 11.0. The van der Waals surface area contributed by atoms with Crippen LogP contribution in [0.2, 0.25) is 0 Å². The van der Waals surface area contributed by atoms with Crippen LogP contribution in [0.15, 0.2) is 0 Å². The normalized spacial score (nSPS) is 13.1. The van der Waals surface area contributed by atoms with Crippen LogP contribution in [0, 0.1) is 0 Å². The van der Waals surface area contributed by atoms with Crippen molar-refractivity contribution in [3.63, 3.8) is 0 Å². The maximum absolute atomic E-state index is 11.0. The number of aliphatic hydroxyl groups is 2. The lowest BCUT2D eigenvalue weighted by molar-refractivity contribution is -0.146. The Labute approximate surface area is 63.3 Å². The third-order valence-corrected chi connectivity index (χ3v) is 2.91. The molecule has 0 amide bonds. The van der Waals surface area contributed by atoms with Crippen LogP contribution < -0.4 is 0 Å². The predicted molar refractivity (Wildman–Crippen MR) is 34.9 cm³/mol. The Bertz CT molecular complexity index is 179. The van der Waals surface area contributed by atoms with E-state index in [4.69, 9.17) is 10.2 Å². The first-order chi connectivity index (χ1) is 4.93. The molecule has 7 heteroatoms. The average Bonchev–Trinajstić information content (AvgIpc) is 2.02. The lowest BCUT2D eigenvalue weighted by Gasteiger charge is -2.22. The molecule has 0 spiro atoms. The summed E-state index contributed by atoms with van der Waals surface area (Å²) >= 11 is 0. The van der Waals surface area contributed by atoms with Gasteiger partial charge in [0.25, 0.3) is 0 Å². The highest BCUT2D eigenvalue weighted by molar-refractivity contribution is 7.56. The van der Waals surface area contributed by atoms with E-state index < -0.39 is 13.1 Å². The molecule has 0 aliphatic carbocycles. The fraction of sp³-hybridized carbons (Fsp3) is 0.750. The topological polar surface area (TPSA) is 93.1 Å². The van der Waals surface area contributed by atoms with Crippen LogP contribution in [0.25, 0.3) is 0 Å². The van der Waals surface area contributed by atoms with E-state index in [2.05, 4.69) is 9.05 Å². The van der Waals surface area contributed by atoms with Crippen molar-refractivity contribution in [1.82, 2.24) is 0 Å². The van der Waals surface area contributed by atoms with E-state index in [0.717, 1.165) is 14.2 Å². The second kappa shape index (κ2) is 3.42. The van der Waals surface area contributed by atoms with Crippen molar-refractivity contribution in [2.45, 2.75) is 5.53 Å². The van der Waals surface area contributed by atoms with Crippen molar-refractivity contribution in [3.05, 3.63) is 0 Å². The van der Waals surface area contributed by atoms with E-state index in [0.29, 0.717) is 0 Å². The van der Waals surface area contributed by atoms with Gasteiger partial charge in [-0.1, -0.05) is 0 Å². The number of carbonyl (C=O) groups is 1. The zero-order valence-electron chi connectivity index (χ0n) is 6.05. The van der Waals surface area contributed by atoms with Gasteiger partial charge in [0.05, 0.1) is 0 Å². The molecule has 0 aliphatic heterocycles. The molecular weight excluding hydrogens is 175 g/mol. The Morgan fingerprint density at radius 3 is 1.82 bits per heavy atom. The van der Waals surface area contributed by atoms with Gasteiger partial charge >= 0.3 is 13.1 Å². The van der Waals surface area contributed by atoms with Crippen LogP contribution in [-0.4, -0.2) is 36.2 Å². The molecule has 0 rings (SSSR count). The fourth-order valence-corrected chi connectivity index (χ4v) is 1.22. The van der Waals surface area contributed by atoms with E-state index in [-0.39, 0.29) is 6.29 Å². The van der Waals surface area contributed by atoms with Gasteiger partial charge in [0.1, 0.15) is 0 Å². The first-order valence-corrected chi connectivity index (χ1v) is 4.10. The Hall–Kier alpha value is -0.260. The molecule has 0 saturated carbocycles. The van der Waals surface area contributed by atoms with E-state index in [1.54, 1.807) is 0 Å². The lowest BCUT2D eigenvalue weighted by atomic mass is 10.7. The summed E-state index contributed by atoms with van der Waals surface area (Å²) in [5.74, 6) is 0. The summed E-state index contributed by atoms with van der Waals surface area (Å²) in [6, 6.07) is 0. The first-order valence-electron chi connectivity index (χ1n) is 2.56. The molecule has 0 fully saturated rings. The van der Waals surface area contributed by atoms with Crippen molar-refractivity contribution >= 4 is 13.9 Å². The predicted octanol–water partition coefficient (Wildman–Crippen LogP) is -0.690. The number of carbonyl (C=O) groups excluding carboxylic acids is 1. The first kappa shape index (κ1) is 10.7. The Balaban J connectivity index is 4.77. The van der Waals surface area contributed by atoms with E-state index in [1.165, 1.54) is 0 Å². The van der Waals surface area contributed by atoms with Gasteiger partial charge in [0, 0.05) is 14.2 Å². The van der Waals surface area contributed by atoms with Crippen LogP contribution >= 0.6 is 7.60 Å². The Morgan fingerprint density at radius 2 is 1.73 bits per heavy atom. The summed E-state index contributed by atoms with van der Waals surface area (Å²) in [5, 5.41) is 17.4. The van der Waals surface area contributed by atoms with Gasteiger partial charge in [-0.2, -0.15) is 0 Å². The van der Waals surface area contributed by atoms with Crippen LogP contribution in [0.1, 0.15) is 0 Å². The van der Waals surface area contributed by atoms with Crippen molar-refractivity contribution < 1.29 is 28.6 Å². The summed E-state index contributed by atoms with van der Waals surface area (Å²) in [4.78, 5) is 9.96. The number of hydrogen-bond acceptors (Lipinski definition) is 6. The quantitative estimate of drug-likeness (QED) is 0.341. The molecule has 66 valence electrons. The molecule has 0 atom stereocenters. The van der Waals surface area contributed by atoms with Gasteiger partial charge in [-0.15, -0.1) is 0 Å². The SMILES string of the molecule is COP(=O)(OC)C(O)(O)C=O. The van der Waals surface area contributed by atoms with Crippen molar-refractivity contribution in [3.8, 4) is 0 Å². The third-order valence-electron chi connectivity index (χ3n) is 1.04. The highest BCUT2D eigenvalue weighted by Crippen LogP contribution is 2.55. The van der Waals surface area contributed by atoms with Gasteiger partial charge in [-0.3, -0.25) is 9.36 Å². The summed E-state index contributed by atoms with van der Waals surface area (Å²) in [7, 11) is -2.26. The zero-order chi connectivity index (χ0) is 9.12. The van der Waals surface area contributed by atoms with Gasteiger partial charge < -0.3 is 19.3 Å². The number of aldehydes is 1. The zero-order valence-corrected chi connectivity index (χ0v) is 6.95. The van der Waals surface area contributed by atoms with Gasteiger partial charge in [-0.25, -0.2) is 0 Å². The molecule has 6 nitrogen and oxygen atoms in total. The van der Waals surface area contributed by atoms with E-state index in [9.17, 15) is 9.36 Å². The fourth-order valence-electron chi connectivity index (χ4n) is 0.408. The van der Waals surface area contributed by atoms with Crippen LogP contribution in [0.3, 0.4) is 0 Å². The summed E-state index contributed by atoms with van der Waals surface area (Å²) < 4.78 is 19.3. The van der Waals surface area contributed by atoms with Crippen LogP contribution in [0.4, 0.5) is 0 Å². The van der Waals surface area contributed by atoms with Crippen molar-refractivity contribution in [1.29, 1.82) is 0 Å². The minimum absolute atomic E-state index is 0.319. The minimum Gasteiger partial charge on any atom is -0.350 e. The van der Waals surface area contributed by atoms with E-state index >= 15 is 0 Å². The summed E-state index contributed by atoms with van der Waals surface area (Å²) in [5.41, 5.74) is -3.07. The molecular formula is C4H9O6P. The van der Waals surface area contributed by atoms with Crippen LogP contribution in [-0.2, 0) is 18.4 Å². The Morgan fingerprint density at radius 1 is 1.36 bits per heavy atom. The van der Waals surface area contributed by atoms with Gasteiger partial charge in [-0.05, 0) is 0 Å². The molecule has 0 aromatic heterocycles. The van der Waals surface area contributed by atoms with Crippen molar-refractivity contribution in [2.24, 2.45) is 0 Å². The van der Waals surface area contributed by atoms with Crippen LogP contribution in [0.5, 0.6) is 0 Å². The summed E-state index contributed by atoms with van der Waals surface area (Å²) in [6.45, 7) is 0. The van der Waals surface area contributed by atoms with Gasteiger partial charge in [0.2, 0.25) is 0 Å². The van der Waals surface area contributed by atoms with Crippen molar-refractivity contribution in [2.75, 3.05) is 14.2 Å². The highest BCUT2D eigenvalue weighted by atomic mass is 31.2. The average molecular weight is 184 g/mol.